The van der Waals surface area contributed by atoms with E-state index in [0.717, 1.165) is 59.9 Å². The van der Waals surface area contributed by atoms with Crippen LogP contribution in [0, 0.1) is 23.1 Å². The molecule has 0 bridgehead atoms. The maximum absolute atomic E-state index is 14.5. The van der Waals surface area contributed by atoms with Crippen LogP contribution in [0.2, 0.25) is 0 Å². The van der Waals surface area contributed by atoms with Crippen molar-refractivity contribution in [1.29, 1.82) is 5.26 Å². The van der Waals surface area contributed by atoms with Gasteiger partial charge >= 0.3 is 0 Å². The summed E-state index contributed by atoms with van der Waals surface area (Å²) < 4.78 is 16.2. The fourth-order valence-electron chi connectivity index (χ4n) is 5.40. The van der Waals surface area contributed by atoms with Gasteiger partial charge in [0.25, 0.3) is 0 Å². The monoisotopic (exact) mass is 500 g/mol. The number of para-hydroxylation sites is 1. The van der Waals surface area contributed by atoms with Crippen molar-refractivity contribution in [2.75, 3.05) is 49.1 Å². The Labute approximate surface area is 212 Å². The highest BCUT2D eigenvalue weighted by atomic mass is 32.1. The molecule has 0 saturated carbocycles. The second-order valence-electron chi connectivity index (χ2n) is 9.29. The Morgan fingerprint density at radius 3 is 2.53 bits per heavy atom. The smallest absolute Gasteiger partial charge is 0.225 e. The molecule has 2 saturated heterocycles. The van der Waals surface area contributed by atoms with Gasteiger partial charge in [-0.1, -0.05) is 18.2 Å². The van der Waals surface area contributed by atoms with E-state index >= 15 is 0 Å². The topological polar surface area (TPSA) is 76.4 Å². The van der Waals surface area contributed by atoms with E-state index in [1.165, 1.54) is 23.7 Å². The predicted molar refractivity (Wildman–Crippen MR) is 140 cm³/mol. The summed E-state index contributed by atoms with van der Waals surface area (Å²) >= 11 is 1.52. The van der Waals surface area contributed by atoms with Crippen molar-refractivity contribution in [1.82, 2.24) is 14.9 Å². The largest absolute Gasteiger partial charge is 0.367 e. The molecule has 6 rings (SSSR count). The maximum Gasteiger partial charge on any atom is 0.225 e. The second kappa shape index (κ2) is 9.36. The number of amides is 1. The number of piperazine rings is 1. The number of carbonyl (C=O) groups excluding carboxylic acids is 1. The molecule has 2 aromatic carbocycles. The van der Waals surface area contributed by atoms with Gasteiger partial charge in [-0.3, -0.25) is 4.79 Å². The van der Waals surface area contributed by atoms with Crippen molar-refractivity contribution < 1.29 is 9.18 Å². The van der Waals surface area contributed by atoms with Crippen LogP contribution >= 0.6 is 11.3 Å². The molecular formula is C27H25FN6OS. The minimum atomic E-state index is -0.260. The van der Waals surface area contributed by atoms with Gasteiger partial charge < -0.3 is 14.7 Å². The number of rotatable bonds is 3. The van der Waals surface area contributed by atoms with E-state index in [0.29, 0.717) is 29.6 Å². The van der Waals surface area contributed by atoms with Crippen molar-refractivity contribution in [2.45, 2.75) is 12.8 Å². The van der Waals surface area contributed by atoms with Crippen LogP contribution in [0.3, 0.4) is 0 Å². The molecule has 9 heteroatoms. The number of piperidine rings is 1. The van der Waals surface area contributed by atoms with Crippen LogP contribution in [0.5, 0.6) is 0 Å². The molecule has 0 atom stereocenters. The number of hydrogen-bond donors (Lipinski definition) is 0. The highest BCUT2D eigenvalue weighted by molar-refractivity contribution is 7.26. The Morgan fingerprint density at radius 1 is 0.972 bits per heavy atom. The molecule has 0 N–H and O–H groups in total. The summed E-state index contributed by atoms with van der Waals surface area (Å²) in [6, 6.07) is 15.0. The number of nitriles is 1. The van der Waals surface area contributed by atoms with Crippen molar-refractivity contribution in [3.05, 3.63) is 60.2 Å². The van der Waals surface area contributed by atoms with E-state index < -0.39 is 0 Å². The molecule has 36 heavy (non-hydrogen) atoms. The Kier molecular flexibility index (Phi) is 5.89. The lowest BCUT2D eigenvalue weighted by Crippen LogP contribution is -2.52. The summed E-state index contributed by atoms with van der Waals surface area (Å²) in [6.07, 6.45) is 3.04. The summed E-state index contributed by atoms with van der Waals surface area (Å²) in [6.45, 7) is 4.25. The number of halogens is 1. The number of benzene rings is 2. The quantitative estimate of drug-likeness (QED) is 0.415. The zero-order chi connectivity index (χ0) is 24.6. The number of aromatic nitrogens is 2. The van der Waals surface area contributed by atoms with Gasteiger partial charge in [-0.2, -0.15) is 5.26 Å². The minimum absolute atomic E-state index is 0.00336. The summed E-state index contributed by atoms with van der Waals surface area (Å²) in [7, 11) is 0. The summed E-state index contributed by atoms with van der Waals surface area (Å²) in [5, 5.41) is 9.96. The van der Waals surface area contributed by atoms with Gasteiger partial charge in [-0.05, 0) is 37.1 Å². The molecule has 4 heterocycles. The molecule has 2 fully saturated rings. The number of nitrogens with zero attached hydrogens (tertiary/aromatic N) is 6. The standard InChI is InChI=1S/C27H25FN6OS/c28-20-5-3-7-22-23(20)24-25(36-22)26(31-17-30-24)33-10-8-18(9-11-33)27(35)34-14-12-32(13-15-34)21-6-2-1-4-19(21)16-29/h1-7,17-18H,8-15H2. The SMILES string of the molecule is N#Cc1ccccc1N1CCN(C(=O)C2CCN(c3ncnc4c3sc3cccc(F)c34)CC2)CC1. The first kappa shape index (κ1) is 22.7. The fourth-order valence-corrected chi connectivity index (χ4v) is 6.59. The third kappa shape index (κ3) is 3.91. The molecule has 7 nitrogen and oxygen atoms in total. The summed E-state index contributed by atoms with van der Waals surface area (Å²) in [5.74, 6) is 0.788. The molecule has 0 spiro atoms. The van der Waals surface area contributed by atoms with Crippen molar-refractivity contribution >= 4 is 49.1 Å². The van der Waals surface area contributed by atoms with Gasteiger partial charge in [-0.15, -0.1) is 11.3 Å². The Balaban J connectivity index is 1.11. The zero-order valence-corrected chi connectivity index (χ0v) is 20.5. The summed E-state index contributed by atoms with van der Waals surface area (Å²) in [5.41, 5.74) is 2.27. The Hall–Kier alpha value is -3.77. The van der Waals surface area contributed by atoms with E-state index in [2.05, 4.69) is 25.8 Å². The molecule has 2 aliphatic rings. The third-order valence-corrected chi connectivity index (χ3v) is 8.45. The lowest BCUT2D eigenvalue weighted by molar-refractivity contribution is -0.136. The van der Waals surface area contributed by atoms with Gasteiger partial charge in [0.1, 0.15) is 24.0 Å². The highest BCUT2D eigenvalue weighted by Gasteiger charge is 2.32. The molecular weight excluding hydrogens is 475 g/mol. The zero-order valence-electron chi connectivity index (χ0n) is 19.7. The number of anilines is 2. The molecule has 0 radical (unpaired) electrons. The van der Waals surface area contributed by atoms with E-state index in [9.17, 15) is 14.4 Å². The van der Waals surface area contributed by atoms with Crippen molar-refractivity contribution in [3.8, 4) is 6.07 Å². The maximum atomic E-state index is 14.5. The number of carbonyl (C=O) groups is 1. The van der Waals surface area contributed by atoms with Crippen LogP contribution in [0.4, 0.5) is 15.9 Å². The van der Waals surface area contributed by atoms with E-state index in [1.807, 2.05) is 35.2 Å². The lowest BCUT2D eigenvalue weighted by atomic mass is 9.95. The molecule has 2 aliphatic heterocycles. The average molecular weight is 501 g/mol. The first-order valence-electron chi connectivity index (χ1n) is 12.2. The molecule has 0 aliphatic carbocycles. The first-order chi connectivity index (χ1) is 17.6. The first-order valence-corrected chi connectivity index (χ1v) is 13.0. The Bertz CT molecular complexity index is 1480. The fraction of sp³-hybridized carbons (Fsp3) is 0.333. The van der Waals surface area contributed by atoms with Crippen LogP contribution < -0.4 is 9.80 Å². The summed E-state index contributed by atoms with van der Waals surface area (Å²) in [4.78, 5) is 28.6. The lowest BCUT2D eigenvalue weighted by Gasteiger charge is -2.39. The molecule has 4 aromatic rings. The van der Waals surface area contributed by atoms with Gasteiger partial charge in [-0.25, -0.2) is 14.4 Å². The average Bonchev–Trinajstić information content (AvgIpc) is 3.33. The van der Waals surface area contributed by atoms with Crippen molar-refractivity contribution in [3.63, 3.8) is 0 Å². The number of fused-ring (bicyclic) bond motifs is 3. The number of hydrogen-bond acceptors (Lipinski definition) is 7. The normalized spacial score (nSPS) is 17.1. The van der Waals surface area contributed by atoms with Gasteiger partial charge in [0.2, 0.25) is 5.91 Å². The van der Waals surface area contributed by atoms with E-state index in [4.69, 9.17) is 0 Å². The molecule has 1 amide bonds. The molecule has 0 unspecified atom stereocenters. The predicted octanol–water partition coefficient (Wildman–Crippen LogP) is 4.42. The third-order valence-electron chi connectivity index (χ3n) is 7.31. The number of thiophene rings is 1. The van der Waals surface area contributed by atoms with E-state index in [-0.39, 0.29) is 17.6 Å². The molecule has 182 valence electrons. The highest BCUT2D eigenvalue weighted by Crippen LogP contribution is 2.39. The van der Waals surface area contributed by atoms with Crippen LogP contribution in [0.1, 0.15) is 18.4 Å². The van der Waals surface area contributed by atoms with E-state index in [1.54, 1.807) is 6.07 Å². The van der Waals surface area contributed by atoms with Gasteiger partial charge in [0.15, 0.2) is 0 Å². The van der Waals surface area contributed by atoms with Crippen LogP contribution in [0.15, 0.2) is 48.8 Å². The van der Waals surface area contributed by atoms with Crippen molar-refractivity contribution in [2.24, 2.45) is 5.92 Å². The second-order valence-corrected chi connectivity index (χ2v) is 10.3. The van der Waals surface area contributed by atoms with Gasteiger partial charge in [0, 0.05) is 49.9 Å². The Morgan fingerprint density at radius 2 is 1.75 bits per heavy atom. The van der Waals surface area contributed by atoms with Gasteiger partial charge in [0.05, 0.1) is 26.9 Å². The molecule has 2 aromatic heterocycles. The van der Waals surface area contributed by atoms with Crippen LogP contribution in [0.25, 0.3) is 20.3 Å². The minimum Gasteiger partial charge on any atom is -0.367 e. The van der Waals surface area contributed by atoms with Crippen LogP contribution in [-0.2, 0) is 4.79 Å². The van der Waals surface area contributed by atoms with Crippen LogP contribution in [-0.4, -0.2) is 60.0 Å².